The molecule has 1 rings (SSSR count). The van der Waals surface area contributed by atoms with Gasteiger partial charge in [0.1, 0.15) is 0 Å². The Labute approximate surface area is 119 Å². The van der Waals surface area contributed by atoms with Gasteiger partial charge in [-0.3, -0.25) is 0 Å². The smallest absolute Gasteiger partial charge is 0.192 e. The van der Waals surface area contributed by atoms with Crippen molar-refractivity contribution in [2.75, 3.05) is 7.05 Å². The van der Waals surface area contributed by atoms with Gasteiger partial charge in [-0.2, -0.15) is 0 Å². The van der Waals surface area contributed by atoms with Crippen LogP contribution in [0.2, 0.25) is 18.1 Å². The van der Waals surface area contributed by atoms with Gasteiger partial charge in [0.2, 0.25) is 0 Å². The third kappa shape index (κ3) is 4.16. The van der Waals surface area contributed by atoms with E-state index in [1.54, 1.807) is 0 Å². The zero-order valence-electron chi connectivity index (χ0n) is 13.4. The lowest BCUT2D eigenvalue weighted by molar-refractivity contribution is 0.147. The molecule has 0 aliphatic heterocycles. The Bertz CT molecular complexity index is 383. The highest BCUT2D eigenvalue weighted by Crippen LogP contribution is 2.40. The van der Waals surface area contributed by atoms with Crippen molar-refractivity contribution < 1.29 is 4.43 Å². The van der Waals surface area contributed by atoms with Crippen molar-refractivity contribution in [3.8, 4) is 0 Å². The molecule has 0 bridgehead atoms. The molecule has 0 aliphatic rings. The van der Waals surface area contributed by atoms with Crippen LogP contribution < -0.4 is 5.32 Å². The lowest BCUT2D eigenvalue weighted by atomic mass is 10.0. The molecule has 0 radical (unpaired) electrons. The summed E-state index contributed by atoms with van der Waals surface area (Å²) in [7, 11) is 0.226. The molecule has 0 heterocycles. The molecule has 2 nitrogen and oxygen atoms in total. The average Bonchev–Trinajstić information content (AvgIpc) is 2.35. The van der Waals surface area contributed by atoms with Gasteiger partial charge in [0.05, 0.1) is 6.10 Å². The quantitative estimate of drug-likeness (QED) is 0.809. The fraction of sp³-hybridized carbons (Fsp3) is 0.625. The predicted molar refractivity (Wildman–Crippen MR) is 86.0 cm³/mol. The molecule has 19 heavy (non-hydrogen) atoms. The number of rotatable bonds is 5. The second-order valence-electron chi connectivity index (χ2n) is 6.79. The van der Waals surface area contributed by atoms with Crippen LogP contribution in [0.5, 0.6) is 0 Å². The van der Waals surface area contributed by atoms with E-state index in [2.05, 4.69) is 76.4 Å². The van der Waals surface area contributed by atoms with Gasteiger partial charge in [-0.15, -0.1) is 0 Å². The molecule has 0 saturated heterocycles. The van der Waals surface area contributed by atoms with Gasteiger partial charge in [-0.25, -0.2) is 0 Å². The third-order valence-electron chi connectivity index (χ3n) is 4.27. The van der Waals surface area contributed by atoms with Crippen LogP contribution in [0.25, 0.3) is 0 Å². The van der Waals surface area contributed by atoms with Crippen molar-refractivity contribution >= 4 is 8.32 Å². The topological polar surface area (TPSA) is 21.3 Å². The Morgan fingerprint density at radius 3 is 2.05 bits per heavy atom. The highest BCUT2D eigenvalue weighted by atomic mass is 28.4. The van der Waals surface area contributed by atoms with E-state index in [-0.39, 0.29) is 11.1 Å². The first-order valence-electron chi connectivity index (χ1n) is 7.09. The SMILES string of the molecule is CN[C@@H](C)[C@@H](O[Si](C)(C)C(C)(C)C)c1ccccc1. The van der Waals surface area contributed by atoms with E-state index in [0.717, 1.165) is 0 Å². The van der Waals surface area contributed by atoms with Crippen LogP contribution in [-0.4, -0.2) is 21.4 Å². The molecule has 3 heteroatoms. The van der Waals surface area contributed by atoms with Crippen molar-refractivity contribution in [3.63, 3.8) is 0 Å². The van der Waals surface area contributed by atoms with E-state index in [9.17, 15) is 0 Å². The molecule has 0 unspecified atom stereocenters. The van der Waals surface area contributed by atoms with Crippen LogP contribution >= 0.6 is 0 Å². The number of hydrogen-bond acceptors (Lipinski definition) is 2. The van der Waals surface area contributed by atoms with Gasteiger partial charge in [-0.1, -0.05) is 51.1 Å². The minimum Gasteiger partial charge on any atom is -0.408 e. The van der Waals surface area contributed by atoms with Gasteiger partial charge in [0, 0.05) is 6.04 Å². The van der Waals surface area contributed by atoms with Crippen LogP contribution in [0.3, 0.4) is 0 Å². The summed E-state index contributed by atoms with van der Waals surface area (Å²) in [6.07, 6.45) is 0.118. The number of benzene rings is 1. The van der Waals surface area contributed by atoms with Crippen LogP contribution in [0.1, 0.15) is 39.4 Å². The third-order valence-corrected chi connectivity index (χ3v) is 8.72. The standard InChI is InChI=1S/C16H29NOSi/c1-13(17-5)15(14-11-9-8-10-12-14)18-19(6,7)16(2,3)4/h8-13,15,17H,1-7H3/t13-,15+/m0/s1. The van der Waals surface area contributed by atoms with E-state index in [0.29, 0.717) is 6.04 Å². The lowest BCUT2D eigenvalue weighted by Gasteiger charge is -2.41. The van der Waals surface area contributed by atoms with Crippen molar-refractivity contribution in [2.45, 2.75) is 58.0 Å². The summed E-state index contributed by atoms with van der Waals surface area (Å²) in [4.78, 5) is 0. The molecule has 2 atom stereocenters. The van der Waals surface area contributed by atoms with Gasteiger partial charge in [0.25, 0.3) is 0 Å². The van der Waals surface area contributed by atoms with Crippen LogP contribution in [0, 0.1) is 0 Å². The summed E-state index contributed by atoms with van der Waals surface area (Å²) < 4.78 is 6.62. The molecule has 0 aromatic heterocycles. The van der Waals surface area contributed by atoms with E-state index in [1.807, 2.05) is 7.05 Å². The van der Waals surface area contributed by atoms with E-state index >= 15 is 0 Å². The van der Waals surface area contributed by atoms with Crippen molar-refractivity contribution in [3.05, 3.63) is 35.9 Å². The second-order valence-corrected chi connectivity index (χ2v) is 11.5. The minimum absolute atomic E-state index is 0.118. The second kappa shape index (κ2) is 6.20. The maximum absolute atomic E-state index is 6.62. The first kappa shape index (κ1) is 16.4. The molecule has 108 valence electrons. The van der Waals surface area contributed by atoms with Crippen molar-refractivity contribution in [1.82, 2.24) is 5.32 Å². The summed E-state index contributed by atoms with van der Waals surface area (Å²) in [5.41, 5.74) is 1.26. The van der Waals surface area contributed by atoms with Gasteiger partial charge in [0.15, 0.2) is 8.32 Å². The molecule has 0 fully saturated rings. The summed E-state index contributed by atoms with van der Waals surface area (Å²) in [6.45, 7) is 13.7. The van der Waals surface area contributed by atoms with Crippen LogP contribution in [0.15, 0.2) is 30.3 Å². The largest absolute Gasteiger partial charge is 0.408 e. The van der Waals surface area contributed by atoms with Crippen molar-refractivity contribution in [2.24, 2.45) is 0 Å². The molecular formula is C16H29NOSi. The Morgan fingerprint density at radius 1 is 1.11 bits per heavy atom. The number of hydrogen-bond donors (Lipinski definition) is 1. The van der Waals surface area contributed by atoms with E-state index in [4.69, 9.17) is 4.43 Å². The molecule has 0 saturated carbocycles. The molecule has 1 aromatic rings. The molecule has 0 spiro atoms. The molecule has 1 aromatic carbocycles. The Kier molecular flexibility index (Phi) is 5.36. The first-order valence-corrected chi connectivity index (χ1v) is 10.00. The van der Waals surface area contributed by atoms with Crippen LogP contribution in [-0.2, 0) is 4.43 Å². The Hall–Kier alpha value is -0.643. The highest BCUT2D eigenvalue weighted by molar-refractivity contribution is 6.74. The van der Waals surface area contributed by atoms with Gasteiger partial charge in [-0.05, 0) is 37.7 Å². The summed E-state index contributed by atoms with van der Waals surface area (Å²) >= 11 is 0. The average molecular weight is 279 g/mol. The lowest BCUT2D eigenvalue weighted by Crippen LogP contribution is -2.45. The Morgan fingerprint density at radius 2 is 1.63 bits per heavy atom. The number of nitrogens with one attached hydrogen (secondary N) is 1. The minimum atomic E-state index is -1.77. The zero-order valence-corrected chi connectivity index (χ0v) is 14.4. The van der Waals surface area contributed by atoms with E-state index in [1.165, 1.54) is 5.56 Å². The van der Waals surface area contributed by atoms with E-state index < -0.39 is 8.32 Å². The fourth-order valence-corrected chi connectivity index (χ4v) is 3.08. The van der Waals surface area contributed by atoms with Gasteiger partial charge < -0.3 is 9.74 Å². The van der Waals surface area contributed by atoms with Gasteiger partial charge >= 0.3 is 0 Å². The molecular weight excluding hydrogens is 250 g/mol. The normalized spacial score (nSPS) is 16.2. The summed E-state index contributed by atoms with van der Waals surface area (Å²) in [5.74, 6) is 0. The molecule has 0 amide bonds. The maximum atomic E-state index is 6.62. The summed E-state index contributed by atoms with van der Waals surface area (Å²) in [5, 5.41) is 3.56. The van der Waals surface area contributed by atoms with Crippen LogP contribution in [0.4, 0.5) is 0 Å². The van der Waals surface area contributed by atoms with Crippen molar-refractivity contribution in [1.29, 1.82) is 0 Å². The maximum Gasteiger partial charge on any atom is 0.192 e. The highest BCUT2D eigenvalue weighted by Gasteiger charge is 2.40. The first-order chi connectivity index (χ1) is 8.69. The number of likely N-dealkylation sites (N-methyl/N-ethyl adjacent to an activating group) is 1. The summed E-state index contributed by atoms with van der Waals surface area (Å²) in [6, 6.07) is 10.8. The monoisotopic (exact) mass is 279 g/mol. The predicted octanol–water partition coefficient (Wildman–Crippen LogP) is 4.36. The molecule has 1 N–H and O–H groups in total. The fourth-order valence-electron chi connectivity index (χ4n) is 1.75. The Balaban J connectivity index is 3.01. The zero-order chi connectivity index (χ0) is 14.7. The molecule has 0 aliphatic carbocycles.